The minimum Gasteiger partial charge on any atom is -0.378 e. The summed E-state index contributed by atoms with van der Waals surface area (Å²) in [5, 5.41) is 0. The van der Waals surface area contributed by atoms with Crippen LogP contribution in [0.25, 0.3) is 11.4 Å². The van der Waals surface area contributed by atoms with Gasteiger partial charge in [0.15, 0.2) is 5.82 Å². The molecule has 2 aromatic carbocycles. The highest BCUT2D eigenvalue weighted by molar-refractivity contribution is 7.89. The molecule has 7 nitrogen and oxygen atoms in total. The second-order valence-electron chi connectivity index (χ2n) is 8.55. The summed E-state index contributed by atoms with van der Waals surface area (Å²) in [6.07, 6.45) is 0.679. The van der Waals surface area contributed by atoms with E-state index in [-0.39, 0.29) is 5.75 Å². The molecule has 0 spiro atoms. The van der Waals surface area contributed by atoms with Gasteiger partial charge in [0.1, 0.15) is 5.82 Å². The zero-order chi connectivity index (χ0) is 24.1. The molecule has 1 fully saturated rings. The number of ether oxygens (including phenoxy) is 1. The molecule has 3 aromatic rings. The lowest BCUT2D eigenvalue weighted by atomic mass is 10.0. The van der Waals surface area contributed by atoms with E-state index < -0.39 is 10.0 Å². The summed E-state index contributed by atoms with van der Waals surface area (Å²) in [6, 6.07) is 18.4. The van der Waals surface area contributed by atoms with Gasteiger partial charge in [0.05, 0.1) is 18.1 Å². The van der Waals surface area contributed by atoms with E-state index in [9.17, 15) is 8.42 Å². The van der Waals surface area contributed by atoms with E-state index in [1.165, 1.54) is 11.1 Å². The first-order valence-electron chi connectivity index (χ1n) is 11.6. The summed E-state index contributed by atoms with van der Waals surface area (Å²) in [7, 11) is -1.53. The van der Waals surface area contributed by atoms with Crippen LogP contribution >= 0.6 is 0 Å². The van der Waals surface area contributed by atoms with Crippen LogP contribution in [-0.2, 0) is 27.8 Å². The minimum absolute atomic E-state index is 0.120. The van der Waals surface area contributed by atoms with Crippen LogP contribution in [0.1, 0.15) is 29.3 Å². The van der Waals surface area contributed by atoms with Crippen molar-refractivity contribution in [3.05, 3.63) is 77.0 Å². The molecule has 0 unspecified atom stereocenters. The number of hydrogen-bond acceptors (Lipinski definition) is 6. The van der Waals surface area contributed by atoms with Gasteiger partial charge in [-0.3, -0.25) is 0 Å². The van der Waals surface area contributed by atoms with Gasteiger partial charge in [-0.1, -0.05) is 60.2 Å². The van der Waals surface area contributed by atoms with E-state index >= 15 is 0 Å². The molecule has 0 radical (unpaired) electrons. The highest BCUT2D eigenvalue weighted by atomic mass is 32.2. The number of anilines is 1. The lowest BCUT2D eigenvalue weighted by Crippen LogP contribution is -2.49. The third-order valence-electron chi connectivity index (χ3n) is 6.14. The van der Waals surface area contributed by atoms with Crippen LogP contribution in [0.3, 0.4) is 0 Å². The molecule has 8 heteroatoms. The number of rotatable bonds is 8. The van der Waals surface area contributed by atoms with Crippen LogP contribution in [0.4, 0.5) is 5.82 Å². The van der Waals surface area contributed by atoms with Gasteiger partial charge in [0.2, 0.25) is 10.0 Å². The van der Waals surface area contributed by atoms with Crippen LogP contribution in [0, 0.1) is 6.92 Å². The number of benzene rings is 2. The first-order valence-corrected chi connectivity index (χ1v) is 13.2. The second-order valence-corrected chi connectivity index (χ2v) is 10.8. The van der Waals surface area contributed by atoms with Crippen molar-refractivity contribution in [3.8, 4) is 11.4 Å². The number of sulfonamides is 1. The topological polar surface area (TPSA) is 75.6 Å². The minimum atomic E-state index is -3.20. The fourth-order valence-electron chi connectivity index (χ4n) is 4.32. The number of nitrogens with zero attached hydrogens (tertiary/aromatic N) is 4. The molecule has 0 bridgehead atoms. The molecule has 1 aliphatic rings. The summed E-state index contributed by atoms with van der Waals surface area (Å²) in [4.78, 5) is 12.1. The highest BCUT2D eigenvalue weighted by Gasteiger charge is 2.28. The van der Waals surface area contributed by atoms with Gasteiger partial charge in [-0.05, 0) is 19.4 Å². The molecular weight excluding hydrogens is 448 g/mol. The number of hydrogen-bond donors (Lipinski definition) is 0. The Hall–Kier alpha value is -2.81. The van der Waals surface area contributed by atoms with Crippen LogP contribution in [0.5, 0.6) is 0 Å². The van der Waals surface area contributed by atoms with Crippen molar-refractivity contribution in [2.45, 2.75) is 26.9 Å². The number of aromatic nitrogens is 2. The van der Waals surface area contributed by atoms with Gasteiger partial charge in [-0.2, -0.15) is 4.31 Å². The van der Waals surface area contributed by atoms with Crippen molar-refractivity contribution < 1.29 is 13.2 Å². The molecule has 1 aromatic heterocycles. The average Bonchev–Trinajstić information content (AvgIpc) is 2.86. The molecule has 0 N–H and O–H groups in total. The maximum atomic E-state index is 12.4. The van der Waals surface area contributed by atoms with Crippen molar-refractivity contribution in [1.29, 1.82) is 0 Å². The summed E-state index contributed by atoms with van der Waals surface area (Å²) < 4.78 is 31.9. The third kappa shape index (κ3) is 5.46. The van der Waals surface area contributed by atoms with Gasteiger partial charge in [0, 0.05) is 50.8 Å². The number of aryl methyl sites for hydroxylation is 1. The van der Waals surface area contributed by atoms with Crippen molar-refractivity contribution in [2.24, 2.45) is 0 Å². The Morgan fingerprint density at radius 3 is 2.35 bits per heavy atom. The van der Waals surface area contributed by atoms with Crippen molar-refractivity contribution >= 4 is 15.8 Å². The summed E-state index contributed by atoms with van der Waals surface area (Å²) in [6.45, 7) is 6.21. The van der Waals surface area contributed by atoms with Crippen molar-refractivity contribution in [1.82, 2.24) is 14.3 Å². The molecular formula is C26H32N4O3S. The van der Waals surface area contributed by atoms with Gasteiger partial charge in [0.25, 0.3) is 0 Å². The Morgan fingerprint density at radius 1 is 0.971 bits per heavy atom. The second kappa shape index (κ2) is 10.6. The first kappa shape index (κ1) is 24.3. The zero-order valence-electron chi connectivity index (χ0n) is 20.1. The fraction of sp³-hybridized carbons (Fsp3) is 0.385. The molecule has 0 saturated carbocycles. The van der Waals surface area contributed by atoms with E-state index in [2.05, 4.69) is 36.1 Å². The molecule has 1 saturated heterocycles. The monoisotopic (exact) mass is 480 g/mol. The standard InChI is InChI=1S/C26H32N4O3S/c1-4-34(31,32)30-15-13-29(14-16-30)26-23(18-21-10-8-9-20(2)17-21)24(19-33-3)27-25(28-26)22-11-6-5-7-12-22/h5-12,17H,4,13-16,18-19H2,1-3H3. The van der Waals surface area contributed by atoms with Gasteiger partial charge in [-0.15, -0.1) is 0 Å². The maximum Gasteiger partial charge on any atom is 0.213 e. The van der Waals surface area contributed by atoms with E-state index in [1.807, 2.05) is 30.3 Å². The smallest absolute Gasteiger partial charge is 0.213 e. The Morgan fingerprint density at radius 2 is 1.71 bits per heavy atom. The maximum absolute atomic E-state index is 12.4. The Labute approximate surface area is 202 Å². The molecule has 1 aliphatic heterocycles. The molecule has 2 heterocycles. The van der Waals surface area contributed by atoms with Crippen LogP contribution in [0.2, 0.25) is 0 Å². The third-order valence-corrected chi connectivity index (χ3v) is 8.03. The fourth-order valence-corrected chi connectivity index (χ4v) is 5.40. The first-order chi connectivity index (χ1) is 16.4. The number of piperazine rings is 1. The van der Waals surface area contributed by atoms with Crippen LogP contribution < -0.4 is 4.90 Å². The van der Waals surface area contributed by atoms with E-state index in [0.29, 0.717) is 45.0 Å². The van der Waals surface area contributed by atoms with Gasteiger partial charge >= 0.3 is 0 Å². The zero-order valence-corrected chi connectivity index (χ0v) is 20.9. The molecule has 0 aliphatic carbocycles. The number of methoxy groups -OCH3 is 1. The molecule has 0 atom stereocenters. The van der Waals surface area contributed by atoms with Crippen molar-refractivity contribution in [2.75, 3.05) is 43.9 Å². The lowest BCUT2D eigenvalue weighted by molar-refractivity contribution is 0.180. The predicted molar refractivity (Wildman–Crippen MR) is 135 cm³/mol. The quantitative estimate of drug-likeness (QED) is 0.490. The van der Waals surface area contributed by atoms with Crippen LogP contribution in [0.15, 0.2) is 54.6 Å². The van der Waals surface area contributed by atoms with Crippen LogP contribution in [-0.4, -0.2) is 61.7 Å². The Bertz CT molecular complexity index is 1220. The average molecular weight is 481 g/mol. The van der Waals surface area contributed by atoms with E-state index in [0.717, 1.165) is 22.6 Å². The molecule has 180 valence electrons. The van der Waals surface area contributed by atoms with E-state index in [1.54, 1.807) is 18.3 Å². The predicted octanol–water partition coefficient (Wildman–Crippen LogP) is 3.66. The Balaban J connectivity index is 1.77. The lowest BCUT2D eigenvalue weighted by Gasteiger charge is -2.36. The molecule has 4 rings (SSSR count). The van der Waals surface area contributed by atoms with Gasteiger partial charge in [-0.25, -0.2) is 18.4 Å². The SMILES string of the molecule is CCS(=O)(=O)N1CCN(c2nc(-c3ccccc3)nc(COC)c2Cc2cccc(C)c2)CC1. The summed E-state index contributed by atoms with van der Waals surface area (Å²) >= 11 is 0. The molecule has 0 amide bonds. The van der Waals surface area contributed by atoms with Gasteiger partial charge < -0.3 is 9.64 Å². The van der Waals surface area contributed by atoms with E-state index in [4.69, 9.17) is 14.7 Å². The summed E-state index contributed by atoms with van der Waals surface area (Å²) in [5.41, 5.74) is 5.21. The Kier molecular flexibility index (Phi) is 7.60. The summed E-state index contributed by atoms with van der Waals surface area (Å²) in [5.74, 6) is 1.63. The normalized spacial score (nSPS) is 15.0. The largest absolute Gasteiger partial charge is 0.378 e. The highest BCUT2D eigenvalue weighted by Crippen LogP contribution is 2.29. The molecule has 34 heavy (non-hydrogen) atoms. The van der Waals surface area contributed by atoms with Crippen molar-refractivity contribution in [3.63, 3.8) is 0 Å².